The Kier molecular flexibility index (Phi) is 9.45. The van der Waals surface area contributed by atoms with Gasteiger partial charge in [0.25, 0.3) is 0 Å². The van der Waals surface area contributed by atoms with Crippen LogP contribution in [0.2, 0.25) is 0 Å². The molecule has 11 aromatic rings. The molecule has 3 aromatic heterocycles. The Labute approximate surface area is 359 Å². The lowest BCUT2D eigenvalue weighted by atomic mass is 9.85. The van der Waals surface area contributed by atoms with Gasteiger partial charge in [-0.3, -0.25) is 4.98 Å². The lowest BCUT2D eigenvalue weighted by molar-refractivity contribution is 1.07. The largest absolute Gasteiger partial charge is 0.264 e. The molecule has 0 spiro atoms. The number of nitrogens with zero attached hydrogens (tertiary/aromatic N) is 5. The van der Waals surface area contributed by atoms with E-state index in [9.17, 15) is 0 Å². The van der Waals surface area contributed by atoms with Crippen molar-refractivity contribution in [3.63, 3.8) is 0 Å². The number of fused-ring (bicyclic) bond motifs is 2. The second-order valence-electron chi connectivity index (χ2n) is 15.3. The molecule has 0 aliphatic rings. The van der Waals surface area contributed by atoms with Crippen LogP contribution in [0.15, 0.2) is 225 Å². The summed E-state index contributed by atoms with van der Waals surface area (Å²) in [4.78, 5) is 24.7. The van der Waals surface area contributed by atoms with Crippen molar-refractivity contribution in [2.24, 2.45) is 0 Å². The van der Waals surface area contributed by atoms with E-state index in [-0.39, 0.29) is 0 Å². The summed E-state index contributed by atoms with van der Waals surface area (Å²) >= 11 is 0. The summed E-state index contributed by atoms with van der Waals surface area (Å²) in [5, 5.41) is 4.67. The predicted molar refractivity (Wildman–Crippen MR) is 254 cm³/mol. The summed E-state index contributed by atoms with van der Waals surface area (Å²) in [6.07, 6.45) is 3.68. The van der Waals surface area contributed by atoms with E-state index in [1.54, 1.807) is 6.20 Å². The lowest BCUT2D eigenvalue weighted by Crippen LogP contribution is -2.00. The molecule has 5 nitrogen and oxygen atoms in total. The average Bonchev–Trinajstić information content (AvgIpc) is 3.36. The van der Waals surface area contributed by atoms with E-state index in [2.05, 4.69) is 169 Å². The van der Waals surface area contributed by atoms with Gasteiger partial charge < -0.3 is 0 Å². The molecule has 0 saturated carbocycles. The second kappa shape index (κ2) is 16.0. The summed E-state index contributed by atoms with van der Waals surface area (Å²) in [6, 6.07) is 73.9. The van der Waals surface area contributed by atoms with Gasteiger partial charge in [0.05, 0.1) is 11.4 Å². The van der Waals surface area contributed by atoms with E-state index in [4.69, 9.17) is 19.9 Å². The summed E-state index contributed by atoms with van der Waals surface area (Å²) in [5.41, 5.74) is 13.5. The molecule has 290 valence electrons. The van der Waals surface area contributed by atoms with Gasteiger partial charge in [-0.1, -0.05) is 188 Å². The highest BCUT2D eigenvalue weighted by molar-refractivity contribution is 6.21. The summed E-state index contributed by atoms with van der Waals surface area (Å²) in [5.74, 6) is 1.88. The fourth-order valence-corrected chi connectivity index (χ4v) is 8.42. The first kappa shape index (κ1) is 36.7. The molecule has 0 saturated heterocycles. The molecule has 5 heteroatoms. The number of pyridine rings is 2. The Morgan fingerprint density at radius 1 is 0.242 bits per heavy atom. The van der Waals surface area contributed by atoms with Gasteiger partial charge in [-0.15, -0.1) is 0 Å². The Bertz CT molecular complexity index is 3240. The van der Waals surface area contributed by atoms with Crippen LogP contribution in [0.25, 0.3) is 112 Å². The molecule has 11 rings (SSSR count). The van der Waals surface area contributed by atoms with Crippen molar-refractivity contribution in [1.29, 1.82) is 0 Å². The fourth-order valence-electron chi connectivity index (χ4n) is 8.42. The van der Waals surface area contributed by atoms with Gasteiger partial charge >= 0.3 is 0 Å². The third-order valence-corrected chi connectivity index (χ3v) is 11.4. The minimum Gasteiger partial charge on any atom is -0.264 e. The number of hydrogen-bond acceptors (Lipinski definition) is 5. The van der Waals surface area contributed by atoms with Crippen LogP contribution in [-0.2, 0) is 0 Å². The van der Waals surface area contributed by atoms with Crippen LogP contribution in [0.5, 0.6) is 0 Å². The van der Waals surface area contributed by atoms with Crippen molar-refractivity contribution in [2.75, 3.05) is 0 Å². The molecule has 8 aromatic carbocycles. The lowest BCUT2D eigenvalue weighted by Gasteiger charge is -2.19. The maximum Gasteiger partial charge on any atom is 0.164 e. The molecule has 0 fully saturated rings. The number of hydrogen-bond donors (Lipinski definition) is 0. The van der Waals surface area contributed by atoms with E-state index < -0.39 is 0 Å². The smallest absolute Gasteiger partial charge is 0.164 e. The van der Waals surface area contributed by atoms with Gasteiger partial charge in [-0.2, -0.15) is 0 Å². The van der Waals surface area contributed by atoms with Gasteiger partial charge in [0, 0.05) is 40.2 Å². The standard InChI is InChI=1S/C57H37N5/c1-4-15-38(16-5-1)39-26-30-43(31-27-39)56-60-55(42-19-8-3-9-20-42)61-57(62-56)44-32-28-41(29-33-44)53-47-22-10-12-24-49(47)54(50-25-13-11-23-48(50)53)46-35-51(40-17-6-2-7-18-40)59-52(36-46)45-21-14-34-58-37-45/h1-37H. The molecule has 0 bridgehead atoms. The topological polar surface area (TPSA) is 64.5 Å². The minimum atomic E-state index is 0.619. The van der Waals surface area contributed by atoms with Gasteiger partial charge in [0.1, 0.15) is 0 Å². The van der Waals surface area contributed by atoms with Crippen LogP contribution in [0, 0.1) is 0 Å². The SMILES string of the molecule is c1ccc(-c2ccc(-c3nc(-c4ccccc4)nc(-c4ccc(-c5c6ccccc6c(-c6cc(-c7ccccc7)nc(-c7cccnc7)c6)c6ccccc56)cc4)n3)cc2)cc1. The monoisotopic (exact) mass is 791 g/mol. The molecule has 62 heavy (non-hydrogen) atoms. The molecule has 0 amide bonds. The summed E-state index contributed by atoms with van der Waals surface area (Å²) < 4.78 is 0. The van der Waals surface area contributed by atoms with Gasteiger partial charge in [-0.05, 0) is 79.2 Å². The zero-order valence-electron chi connectivity index (χ0n) is 33.6. The minimum absolute atomic E-state index is 0.619. The van der Waals surface area contributed by atoms with E-state index in [0.717, 1.165) is 55.9 Å². The second-order valence-corrected chi connectivity index (χ2v) is 15.3. The van der Waals surface area contributed by atoms with E-state index in [1.165, 1.54) is 38.2 Å². The molecule has 0 atom stereocenters. The maximum atomic E-state index is 5.16. The number of rotatable bonds is 8. The van der Waals surface area contributed by atoms with E-state index in [1.807, 2.05) is 54.7 Å². The normalized spacial score (nSPS) is 11.2. The van der Waals surface area contributed by atoms with E-state index in [0.29, 0.717) is 17.5 Å². The molecular weight excluding hydrogens is 755 g/mol. The van der Waals surface area contributed by atoms with Crippen molar-refractivity contribution >= 4 is 21.5 Å². The van der Waals surface area contributed by atoms with Gasteiger partial charge in [0.2, 0.25) is 0 Å². The third kappa shape index (κ3) is 6.97. The van der Waals surface area contributed by atoms with Crippen molar-refractivity contribution in [3.05, 3.63) is 225 Å². The first-order valence-electron chi connectivity index (χ1n) is 20.7. The molecule has 3 heterocycles. The van der Waals surface area contributed by atoms with Crippen LogP contribution in [-0.4, -0.2) is 24.9 Å². The maximum absolute atomic E-state index is 5.16. The molecule has 0 aliphatic heterocycles. The average molecular weight is 792 g/mol. The molecular formula is C57H37N5. The highest BCUT2D eigenvalue weighted by atomic mass is 15.0. The molecule has 0 radical (unpaired) electrons. The fraction of sp³-hybridized carbons (Fsp3) is 0. The van der Waals surface area contributed by atoms with Crippen LogP contribution in [0.3, 0.4) is 0 Å². The van der Waals surface area contributed by atoms with Crippen molar-refractivity contribution in [1.82, 2.24) is 24.9 Å². The Hall–Kier alpha value is -8.41. The van der Waals surface area contributed by atoms with Gasteiger partial charge in [-0.25, -0.2) is 19.9 Å². The molecule has 0 aliphatic carbocycles. The number of benzene rings is 8. The zero-order chi connectivity index (χ0) is 41.2. The first-order chi connectivity index (χ1) is 30.7. The van der Waals surface area contributed by atoms with Crippen LogP contribution < -0.4 is 0 Å². The van der Waals surface area contributed by atoms with Gasteiger partial charge in [0.15, 0.2) is 17.5 Å². The van der Waals surface area contributed by atoms with Crippen LogP contribution in [0.4, 0.5) is 0 Å². The Morgan fingerprint density at radius 2 is 0.597 bits per heavy atom. The summed E-state index contributed by atoms with van der Waals surface area (Å²) in [7, 11) is 0. The van der Waals surface area contributed by atoms with E-state index >= 15 is 0 Å². The highest BCUT2D eigenvalue weighted by Gasteiger charge is 2.19. The van der Waals surface area contributed by atoms with Crippen LogP contribution >= 0.6 is 0 Å². The Morgan fingerprint density at radius 3 is 1.08 bits per heavy atom. The van der Waals surface area contributed by atoms with Crippen molar-refractivity contribution in [3.8, 4) is 90.1 Å². The number of aromatic nitrogens is 5. The molecule has 0 N–H and O–H groups in total. The third-order valence-electron chi connectivity index (χ3n) is 11.4. The van der Waals surface area contributed by atoms with Crippen molar-refractivity contribution < 1.29 is 0 Å². The first-order valence-corrected chi connectivity index (χ1v) is 20.7. The highest BCUT2D eigenvalue weighted by Crippen LogP contribution is 2.45. The molecule has 0 unspecified atom stereocenters. The quantitative estimate of drug-likeness (QED) is 0.143. The predicted octanol–water partition coefficient (Wildman–Crippen LogP) is 14.3. The Balaban J connectivity index is 1.04. The van der Waals surface area contributed by atoms with Crippen LogP contribution in [0.1, 0.15) is 0 Å². The van der Waals surface area contributed by atoms with Crippen molar-refractivity contribution in [2.45, 2.75) is 0 Å². The zero-order valence-corrected chi connectivity index (χ0v) is 33.6. The summed E-state index contributed by atoms with van der Waals surface area (Å²) in [6.45, 7) is 0.